The van der Waals surface area contributed by atoms with E-state index < -0.39 is 0 Å². The number of methoxy groups -OCH3 is 1. The van der Waals surface area contributed by atoms with E-state index in [1.807, 2.05) is 32.0 Å². The van der Waals surface area contributed by atoms with E-state index in [2.05, 4.69) is 10.6 Å². The van der Waals surface area contributed by atoms with Crippen molar-refractivity contribution in [2.24, 2.45) is 0 Å². The number of para-hydroxylation sites is 1. The lowest BCUT2D eigenvalue weighted by molar-refractivity contribution is -0.116. The summed E-state index contributed by atoms with van der Waals surface area (Å²) in [6.45, 7) is 4.28. The van der Waals surface area contributed by atoms with Crippen LogP contribution < -0.4 is 15.4 Å². The second-order valence-corrected chi connectivity index (χ2v) is 5.55. The Morgan fingerprint density at radius 2 is 1.79 bits per heavy atom. The number of carbonyl (C=O) groups excluding carboxylic acids is 2. The molecule has 2 N–H and O–H groups in total. The Bertz CT molecular complexity index is 741. The average molecular weight is 326 g/mol. The van der Waals surface area contributed by atoms with Crippen LogP contribution in [0, 0.1) is 13.8 Å². The van der Waals surface area contributed by atoms with E-state index >= 15 is 0 Å². The SMILES string of the molecule is COc1ccccc1C(=O)NCCC(=O)Nc1ccc(C)c(C)c1. The molecule has 0 heterocycles. The molecular weight excluding hydrogens is 304 g/mol. The van der Waals surface area contributed by atoms with Crippen LogP contribution in [0.1, 0.15) is 27.9 Å². The largest absolute Gasteiger partial charge is 0.496 e. The zero-order valence-corrected chi connectivity index (χ0v) is 14.2. The summed E-state index contributed by atoms with van der Waals surface area (Å²) in [4.78, 5) is 24.1. The molecule has 0 atom stereocenters. The van der Waals surface area contributed by atoms with Crippen molar-refractivity contribution in [1.82, 2.24) is 5.32 Å². The van der Waals surface area contributed by atoms with Crippen LogP contribution in [0.25, 0.3) is 0 Å². The van der Waals surface area contributed by atoms with Crippen LogP contribution in [0.4, 0.5) is 5.69 Å². The quantitative estimate of drug-likeness (QED) is 0.857. The van der Waals surface area contributed by atoms with Gasteiger partial charge in [-0.25, -0.2) is 0 Å². The van der Waals surface area contributed by atoms with Gasteiger partial charge in [-0.1, -0.05) is 18.2 Å². The summed E-state index contributed by atoms with van der Waals surface area (Å²) >= 11 is 0. The van der Waals surface area contributed by atoms with E-state index in [0.29, 0.717) is 11.3 Å². The topological polar surface area (TPSA) is 67.4 Å². The molecule has 0 radical (unpaired) electrons. The Kier molecular flexibility index (Phi) is 5.95. The van der Waals surface area contributed by atoms with Crippen LogP contribution in [0.5, 0.6) is 5.75 Å². The molecule has 0 aliphatic heterocycles. The molecule has 0 bridgehead atoms. The molecule has 0 aromatic heterocycles. The molecule has 2 aromatic carbocycles. The van der Waals surface area contributed by atoms with Gasteiger partial charge in [0.25, 0.3) is 5.91 Å². The number of hydrogen-bond donors (Lipinski definition) is 2. The highest BCUT2D eigenvalue weighted by molar-refractivity contribution is 5.97. The number of benzene rings is 2. The molecule has 0 unspecified atom stereocenters. The third kappa shape index (κ3) is 4.59. The van der Waals surface area contributed by atoms with Gasteiger partial charge in [0, 0.05) is 18.7 Å². The first-order chi connectivity index (χ1) is 11.5. The van der Waals surface area contributed by atoms with Crippen molar-refractivity contribution in [2.45, 2.75) is 20.3 Å². The molecule has 2 amide bonds. The fourth-order valence-corrected chi connectivity index (χ4v) is 2.26. The van der Waals surface area contributed by atoms with Gasteiger partial charge in [0.2, 0.25) is 5.91 Å². The van der Waals surface area contributed by atoms with Crippen molar-refractivity contribution in [3.8, 4) is 5.75 Å². The van der Waals surface area contributed by atoms with E-state index in [0.717, 1.165) is 11.3 Å². The summed E-state index contributed by atoms with van der Waals surface area (Å²) in [6.07, 6.45) is 0.202. The molecule has 0 saturated carbocycles. The van der Waals surface area contributed by atoms with Crippen LogP contribution in [-0.4, -0.2) is 25.5 Å². The molecule has 126 valence electrons. The van der Waals surface area contributed by atoms with Crippen molar-refractivity contribution < 1.29 is 14.3 Å². The Balaban J connectivity index is 1.84. The van der Waals surface area contributed by atoms with Crippen LogP contribution in [0.15, 0.2) is 42.5 Å². The van der Waals surface area contributed by atoms with Crippen molar-refractivity contribution in [3.63, 3.8) is 0 Å². The minimum Gasteiger partial charge on any atom is -0.496 e. The van der Waals surface area contributed by atoms with Gasteiger partial charge in [-0.3, -0.25) is 9.59 Å². The number of ether oxygens (including phenoxy) is 1. The molecule has 0 aliphatic carbocycles. The Hall–Kier alpha value is -2.82. The fraction of sp³-hybridized carbons (Fsp3) is 0.263. The predicted octanol–water partition coefficient (Wildman–Crippen LogP) is 3.07. The normalized spacial score (nSPS) is 10.1. The first-order valence-electron chi connectivity index (χ1n) is 7.79. The van der Waals surface area contributed by atoms with Crippen LogP contribution in [0.3, 0.4) is 0 Å². The molecule has 0 fully saturated rings. The van der Waals surface area contributed by atoms with Crippen LogP contribution in [0.2, 0.25) is 0 Å². The number of hydrogen-bond acceptors (Lipinski definition) is 3. The number of carbonyl (C=O) groups is 2. The molecule has 2 aromatic rings. The molecule has 24 heavy (non-hydrogen) atoms. The van der Waals surface area contributed by atoms with Gasteiger partial charge in [0.15, 0.2) is 0 Å². The minimum atomic E-state index is -0.258. The van der Waals surface area contributed by atoms with Crippen LogP contribution >= 0.6 is 0 Å². The maximum atomic E-state index is 12.1. The number of amides is 2. The third-order valence-corrected chi connectivity index (χ3v) is 3.78. The molecule has 5 heteroatoms. The first kappa shape index (κ1) is 17.5. The molecule has 0 spiro atoms. The second-order valence-electron chi connectivity index (χ2n) is 5.55. The summed E-state index contributed by atoms with van der Waals surface area (Å²) in [5.74, 6) is 0.111. The predicted molar refractivity (Wildman–Crippen MR) is 94.5 cm³/mol. The van der Waals surface area contributed by atoms with Crippen molar-refractivity contribution >= 4 is 17.5 Å². The van der Waals surface area contributed by atoms with Crippen molar-refractivity contribution in [3.05, 3.63) is 59.2 Å². The number of aryl methyl sites for hydroxylation is 2. The standard InChI is InChI=1S/C19H22N2O3/c1-13-8-9-15(12-14(13)2)21-18(22)10-11-20-19(23)16-6-4-5-7-17(16)24-3/h4-9,12H,10-11H2,1-3H3,(H,20,23)(H,21,22). The van der Waals surface area contributed by atoms with E-state index in [9.17, 15) is 9.59 Å². The van der Waals surface area contributed by atoms with Gasteiger partial charge in [0.1, 0.15) is 5.75 Å². The summed E-state index contributed by atoms with van der Waals surface area (Å²) in [5, 5.41) is 5.56. The Labute approximate surface area is 142 Å². The second kappa shape index (κ2) is 8.15. The van der Waals surface area contributed by atoms with Gasteiger partial charge >= 0.3 is 0 Å². The zero-order valence-electron chi connectivity index (χ0n) is 14.2. The van der Waals surface area contributed by atoms with Gasteiger partial charge in [-0.2, -0.15) is 0 Å². The van der Waals surface area contributed by atoms with E-state index in [4.69, 9.17) is 4.74 Å². The summed E-state index contributed by atoms with van der Waals surface area (Å²) in [6, 6.07) is 12.7. The highest BCUT2D eigenvalue weighted by Crippen LogP contribution is 2.17. The number of nitrogens with one attached hydrogen (secondary N) is 2. The molecule has 2 rings (SSSR count). The Morgan fingerprint density at radius 3 is 2.50 bits per heavy atom. The molecule has 0 saturated heterocycles. The van der Waals surface area contributed by atoms with E-state index in [-0.39, 0.29) is 24.8 Å². The lowest BCUT2D eigenvalue weighted by Gasteiger charge is -2.10. The number of rotatable bonds is 6. The highest BCUT2D eigenvalue weighted by Gasteiger charge is 2.11. The molecular formula is C19H22N2O3. The van der Waals surface area contributed by atoms with E-state index in [1.54, 1.807) is 24.3 Å². The summed E-state index contributed by atoms with van der Waals surface area (Å²) in [5.41, 5.74) is 3.52. The lowest BCUT2D eigenvalue weighted by Crippen LogP contribution is -2.28. The third-order valence-electron chi connectivity index (χ3n) is 3.78. The Morgan fingerprint density at radius 1 is 1.04 bits per heavy atom. The lowest BCUT2D eigenvalue weighted by atomic mass is 10.1. The van der Waals surface area contributed by atoms with Gasteiger partial charge in [0.05, 0.1) is 12.7 Å². The van der Waals surface area contributed by atoms with Gasteiger partial charge in [-0.15, -0.1) is 0 Å². The van der Waals surface area contributed by atoms with Crippen molar-refractivity contribution in [1.29, 1.82) is 0 Å². The van der Waals surface area contributed by atoms with Crippen LogP contribution in [-0.2, 0) is 4.79 Å². The minimum absolute atomic E-state index is 0.140. The van der Waals surface area contributed by atoms with E-state index in [1.165, 1.54) is 12.7 Å². The summed E-state index contributed by atoms with van der Waals surface area (Å²) in [7, 11) is 1.52. The smallest absolute Gasteiger partial charge is 0.255 e. The first-order valence-corrected chi connectivity index (χ1v) is 7.79. The average Bonchev–Trinajstić information content (AvgIpc) is 2.58. The molecule has 0 aliphatic rings. The molecule has 5 nitrogen and oxygen atoms in total. The fourth-order valence-electron chi connectivity index (χ4n) is 2.26. The summed E-state index contributed by atoms with van der Waals surface area (Å²) < 4.78 is 5.15. The van der Waals surface area contributed by atoms with Gasteiger partial charge in [-0.05, 0) is 49.2 Å². The maximum absolute atomic E-state index is 12.1. The number of anilines is 1. The van der Waals surface area contributed by atoms with Crippen molar-refractivity contribution in [2.75, 3.05) is 19.0 Å². The maximum Gasteiger partial charge on any atom is 0.255 e. The van der Waals surface area contributed by atoms with Gasteiger partial charge < -0.3 is 15.4 Å². The highest BCUT2D eigenvalue weighted by atomic mass is 16.5. The zero-order chi connectivity index (χ0) is 17.5. The monoisotopic (exact) mass is 326 g/mol.